The van der Waals surface area contributed by atoms with Crippen LogP contribution in [0.25, 0.3) is 11.3 Å². The highest BCUT2D eigenvalue weighted by atomic mass is 35.5. The molecule has 0 unspecified atom stereocenters. The van der Waals surface area contributed by atoms with Gasteiger partial charge in [-0.25, -0.2) is 14.4 Å². The molecular weight excluding hydrogens is 469 g/mol. The number of hydrogen-bond acceptors (Lipinski definition) is 6. The van der Waals surface area contributed by atoms with Crippen LogP contribution in [0.3, 0.4) is 0 Å². The highest BCUT2D eigenvalue weighted by Gasteiger charge is 2.29. The van der Waals surface area contributed by atoms with Gasteiger partial charge >= 0.3 is 0 Å². The van der Waals surface area contributed by atoms with Gasteiger partial charge in [-0.05, 0) is 47.9 Å². The molecule has 1 aliphatic rings. The van der Waals surface area contributed by atoms with Crippen LogP contribution in [0.15, 0.2) is 54.9 Å². The summed E-state index contributed by atoms with van der Waals surface area (Å²) in [5.41, 5.74) is 3.81. The number of fused-ring (bicyclic) bond motifs is 1. The van der Waals surface area contributed by atoms with Gasteiger partial charge in [0.1, 0.15) is 17.7 Å². The summed E-state index contributed by atoms with van der Waals surface area (Å²) in [6, 6.07) is 13.5. The van der Waals surface area contributed by atoms with E-state index in [-0.39, 0.29) is 17.4 Å². The van der Waals surface area contributed by atoms with E-state index in [4.69, 9.17) is 11.6 Å². The van der Waals surface area contributed by atoms with Crippen LogP contribution in [0.1, 0.15) is 16.7 Å². The molecule has 0 spiro atoms. The highest BCUT2D eigenvalue weighted by Crippen LogP contribution is 2.36. The Balaban J connectivity index is 1.43. The Hall–Kier alpha value is -4.29. The number of nitriles is 1. The van der Waals surface area contributed by atoms with Crippen LogP contribution in [-0.4, -0.2) is 32.2 Å². The molecule has 0 atom stereocenters. The van der Waals surface area contributed by atoms with Crippen molar-refractivity contribution < 1.29 is 9.18 Å². The first kappa shape index (κ1) is 22.5. The molecule has 0 saturated heterocycles. The average Bonchev–Trinajstić information content (AvgIpc) is 3.46. The predicted molar refractivity (Wildman–Crippen MR) is 130 cm³/mol. The van der Waals surface area contributed by atoms with Gasteiger partial charge in [0, 0.05) is 36.4 Å². The van der Waals surface area contributed by atoms with E-state index in [0.29, 0.717) is 41.4 Å². The van der Waals surface area contributed by atoms with Crippen molar-refractivity contribution in [3.8, 4) is 17.3 Å². The Labute approximate surface area is 205 Å². The second-order valence-corrected chi connectivity index (χ2v) is 8.49. The summed E-state index contributed by atoms with van der Waals surface area (Å²) in [6.45, 7) is 0.447. The zero-order chi connectivity index (χ0) is 24.5. The van der Waals surface area contributed by atoms with E-state index >= 15 is 0 Å². The summed E-state index contributed by atoms with van der Waals surface area (Å²) in [4.78, 5) is 23.5. The Bertz CT molecular complexity index is 1490. The SMILES string of the molecule is Cn1nccc1Nc1nccc(-c2cc(C#N)c3c(c2)CCN3C(=O)Cc2ccc(F)cc2Cl)n1. The van der Waals surface area contributed by atoms with Crippen LogP contribution in [-0.2, 0) is 24.7 Å². The normalized spacial score (nSPS) is 12.3. The number of aryl methyl sites for hydroxylation is 1. The minimum Gasteiger partial charge on any atom is -0.310 e. The van der Waals surface area contributed by atoms with Crippen LogP contribution in [0, 0.1) is 17.1 Å². The average molecular weight is 488 g/mol. The number of amides is 1. The van der Waals surface area contributed by atoms with E-state index < -0.39 is 5.82 Å². The van der Waals surface area contributed by atoms with E-state index in [1.807, 2.05) is 19.2 Å². The predicted octanol–water partition coefficient (Wildman–Crippen LogP) is 4.42. The lowest BCUT2D eigenvalue weighted by atomic mass is 10.0. The Morgan fingerprint density at radius 2 is 2.09 bits per heavy atom. The summed E-state index contributed by atoms with van der Waals surface area (Å²) < 4.78 is 15.0. The molecule has 1 amide bonds. The van der Waals surface area contributed by atoms with Crippen molar-refractivity contribution in [2.24, 2.45) is 7.05 Å². The minimum absolute atomic E-state index is 0.0140. The molecule has 5 rings (SSSR count). The largest absolute Gasteiger partial charge is 0.310 e. The summed E-state index contributed by atoms with van der Waals surface area (Å²) in [6.07, 6.45) is 3.93. The van der Waals surface area contributed by atoms with E-state index in [1.54, 1.807) is 34.1 Å². The summed E-state index contributed by atoms with van der Waals surface area (Å²) in [5, 5.41) is 17.3. The second kappa shape index (κ2) is 9.16. The zero-order valence-electron chi connectivity index (χ0n) is 18.7. The van der Waals surface area contributed by atoms with Crippen molar-refractivity contribution in [3.63, 3.8) is 0 Å². The van der Waals surface area contributed by atoms with Crippen LogP contribution in [0.2, 0.25) is 5.02 Å². The van der Waals surface area contributed by atoms with Gasteiger partial charge in [-0.1, -0.05) is 17.7 Å². The first-order valence-electron chi connectivity index (χ1n) is 10.8. The van der Waals surface area contributed by atoms with Crippen LogP contribution in [0.4, 0.5) is 21.8 Å². The molecular formula is C25H19ClFN7O. The summed E-state index contributed by atoms with van der Waals surface area (Å²) >= 11 is 6.11. The summed E-state index contributed by atoms with van der Waals surface area (Å²) in [5.74, 6) is 0.480. The number of nitrogens with one attached hydrogen (secondary N) is 1. The van der Waals surface area contributed by atoms with Crippen LogP contribution in [0.5, 0.6) is 0 Å². The van der Waals surface area contributed by atoms with Gasteiger partial charge < -0.3 is 10.2 Å². The topological polar surface area (TPSA) is 99.7 Å². The van der Waals surface area contributed by atoms with Gasteiger partial charge in [0.05, 0.1) is 29.6 Å². The molecule has 8 nitrogen and oxygen atoms in total. The maximum atomic E-state index is 13.4. The monoisotopic (exact) mass is 487 g/mol. The third kappa shape index (κ3) is 4.44. The molecule has 0 radical (unpaired) electrons. The third-order valence-electron chi connectivity index (χ3n) is 5.85. The lowest BCUT2D eigenvalue weighted by Gasteiger charge is -2.19. The van der Waals surface area contributed by atoms with E-state index in [2.05, 4.69) is 26.5 Å². The highest BCUT2D eigenvalue weighted by molar-refractivity contribution is 6.31. The van der Waals surface area contributed by atoms with Gasteiger partial charge in [-0.2, -0.15) is 10.4 Å². The number of nitrogens with zero attached hydrogens (tertiary/aromatic N) is 6. The van der Waals surface area contributed by atoms with Gasteiger partial charge in [0.25, 0.3) is 0 Å². The molecule has 0 saturated carbocycles. The second-order valence-electron chi connectivity index (χ2n) is 8.08. The molecule has 1 aliphatic heterocycles. The van der Waals surface area contributed by atoms with Crippen molar-refractivity contribution in [3.05, 3.63) is 82.4 Å². The molecule has 0 fully saturated rings. The molecule has 174 valence electrons. The Morgan fingerprint density at radius 1 is 1.23 bits per heavy atom. The maximum Gasteiger partial charge on any atom is 0.231 e. The first-order valence-corrected chi connectivity index (χ1v) is 11.2. The van der Waals surface area contributed by atoms with Gasteiger partial charge in [-0.3, -0.25) is 9.48 Å². The van der Waals surface area contributed by atoms with E-state index in [0.717, 1.165) is 16.9 Å². The van der Waals surface area contributed by atoms with Crippen molar-refractivity contribution >= 4 is 35.0 Å². The zero-order valence-corrected chi connectivity index (χ0v) is 19.4. The molecule has 35 heavy (non-hydrogen) atoms. The smallest absolute Gasteiger partial charge is 0.231 e. The molecule has 1 N–H and O–H groups in total. The fourth-order valence-electron chi connectivity index (χ4n) is 4.14. The molecule has 0 aliphatic carbocycles. The number of aromatic nitrogens is 4. The van der Waals surface area contributed by atoms with Crippen molar-refractivity contribution in [1.29, 1.82) is 5.26 Å². The van der Waals surface area contributed by atoms with Crippen LogP contribution < -0.4 is 10.2 Å². The lowest BCUT2D eigenvalue weighted by Crippen LogP contribution is -2.31. The van der Waals surface area contributed by atoms with Gasteiger partial charge in [0.2, 0.25) is 11.9 Å². The fraction of sp³-hybridized carbons (Fsp3) is 0.160. The molecule has 2 aromatic carbocycles. The lowest BCUT2D eigenvalue weighted by molar-refractivity contribution is -0.117. The van der Waals surface area contributed by atoms with Crippen LogP contribution >= 0.6 is 11.6 Å². The van der Waals surface area contributed by atoms with E-state index in [9.17, 15) is 14.4 Å². The number of carbonyl (C=O) groups is 1. The Morgan fingerprint density at radius 3 is 2.83 bits per heavy atom. The number of benzene rings is 2. The third-order valence-corrected chi connectivity index (χ3v) is 6.21. The fourth-order valence-corrected chi connectivity index (χ4v) is 4.38. The summed E-state index contributed by atoms with van der Waals surface area (Å²) in [7, 11) is 1.81. The molecule has 10 heteroatoms. The Kier molecular flexibility index (Phi) is 5.89. The molecule has 3 heterocycles. The van der Waals surface area contributed by atoms with Crippen molar-refractivity contribution in [2.45, 2.75) is 12.8 Å². The number of hydrogen-bond donors (Lipinski definition) is 1. The number of halogens is 2. The maximum absolute atomic E-state index is 13.4. The quantitative estimate of drug-likeness (QED) is 0.447. The molecule has 2 aromatic heterocycles. The van der Waals surface area contributed by atoms with Gasteiger partial charge in [-0.15, -0.1) is 0 Å². The van der Waals surface area contributed by atoms with Crippen molar-refractivity contribution in [1.82, 2.24) is 19.7 Å². The number of anilines is 3. The van der Waals surface area contributed by atoms with Gasteiger partial charge in [0.15, 0.2) is 0 Å². The first-order chi connectivity index (χ1) is 16.9. The number of rotatable bonds is 5. The minimum atomic E-state index is -0.458. The number of carbonyl (C=O) groups excluding carboxylic acids is 1. The standard InChI is InChI=1S/C25H19ClFN7O/c1-33-22(5-8-30-33)32-25-29-7-4-21(31-25)17-10-16-6-9-34(24(16)18(11-17)14-28)23(35)12-15-2-3-19(27)13-20(15)26/h2-5,7-8,10-11,13H,6,9,12H2,1H3,(H,29,31,32). The molecule has 4 aromatic rings. The molecule has 0 bridgehead atoms. The van der Waals surface area contributed by atoms with Crippen molar-refractivity contribution in [2.75, 3.05) is 16.8 Å². The van der Waals surface area contributed by atoms with E-state index in [1.165, 1.54) is 18.2 Å².